The van der Waals surface area contributed by atoms with E-state index in [0.29, 0.717) is 0 Å². The minimum atomic E-state index is 0.232. The average Bonchev–Trinajstić information content (AvgIpc) is 3.20. The second-order valence-corrected chi connectivity index (χ2v) is 7.15. The van der Waals surface area contributed by atoms with E-state index in [1.165, 1.54) is 45.1 Å². The summed E-state index contributed by atoms with van der Waals surface area (Å²) in [6, 6.07) is 0. The summed E-state index contributed by atoms with van der Waals surface area (Å²) >= 11 is 0. The van der Waals surface area contributed by atoms with Crippen LogP contribution in [0.4, 0.5) is 0 Å². The van der Waals surface area contributed by atoms with Crippen molar-refractivity contribution in [3.63, 3.8) is 0 Å². The highest BCUT2D eigenvalue weighted by atomic mass is 15.0. The Morgan fingerprint density at radius 3 is 2.44 bits per heavy atom. The molecule has 2 aliphatic rings. The van der Waals surface area contributed by atoms with Gasteiger partial charge in [-0.05, 0) is 55.9 Å². The van der Waals surface area contributed by atoms with Gasteiger partial charge in [0, 0.05) is 12.1 Å². The van der Waals surface area contributed by atoms with Crippen LogP contribution >= 0.6 is 0 Å². The first-order valence-electron chi connectivity index (χ1n) is 8.04. The Kier molecular flexibility index (Phi) is 4.71. The first-order chi connectivity index (χ1) is 8.59. The molecular formula is C16H32N2. The first kappa shape index (κ1) is 14.3. The summed E-state index contributed by atoms with van der Waals surface area (Å²) < 4.78 is 0. The molecule has 3 N–H and O–H groups in total. The quantitative estimate of drug-likeness (QED) is 0.762. The molecule has 0 aliphatic heterocycles. The number of hydrogen-bond donors (Lipinski definition) is 2. The summed E-state index contributed by atoms with van der Waals surface area (Å²) in [5.74, 6) is 3.34. The van der Waals surface area contributed by atoms with Crippen LogP contribution in [0.3, 0.4) is 0 Å². The molecule has 106 valence electrons. The number of nitrogens with two attached hydrogens (primary N) is 1. The van der Waals surface area contributed by atoms with Gasteiger partial charge in [-0.1, -0.05) is 33.6 Å². The molecule has 0 spiro atoms. The zero-order valence-corrected chi connectivity index (χ0v) is 12.5. The molecule has 3 unspecified atom stereocenters. The molecule has 0 amide bonds. The Morgan fingerprint density at radius 2 is 1.89 bits per heavy atom. The topological polar surface area (TPSA) is 38.0 Å². The molecule has 3 atom stereocenters. The summed E-state index contributed by atoms with van der Waals surface area (Å²) in [6.07, 6.45) is 8.29. The van der Waals surface area contributed by atoms with E-state index in [9.17, 15) is 0 Å². The molecule has 2 aliphatic carbocycles. The van der Waals surface area contributed by atoms with Crippen molar-refractivity contribution in [2.24, 2.45) is 29.4 Å². The minimum absolute atomic E-state index is 0.232. The van der Waals surface area contributed by atoms with Gasteiger partial charge in [-0.2, -0.15) is 0 Å². The highest BCUT2D eigenvalue weighted by molar-refractivity contribution is 4.99. The van der Waals surface area contributed by atoms with Crippen LogP contribution < -0.4 is 11.1 Å². The monoisotopic (exact) mass is 252 g/mol. The second-order valence-electron chi connectivity index (χ2n) is 7.15. The number of hydrogen-bond acceptors (Lipinski definition) is 2. The molecule has 0 heterocycles. The maximum absolute atomic E-state index is 6.18. The fourth-order valence-corrected chi connectivity index (χ4v) is 3.98. The van der Waals surface area contributed by atoms with Gasteiger partial charge in [-0.3, -0.25) is 0 Å². The van der Waals surface area contributed by atoms with Gasteiger partial charge in [0.15, 0.2) is 0 Å². The zero-order chi connectivity index (χ0) is 13.2. The highest BCUT2D eigenvalue weighted by Gasteiger charge is 2.41. The summed E-state index contributed by atoms with van der Waals surface area (Å²) in [4.78, 5) is 0. The predicted molar refractivity (Wildman–Crippen MR) is 78.5 cm³/mol. The molecule has 0 bridgehead atoms. The zero-order valence-electron chi connectivity index (χ0n) is 12.5. The average molecular weight is 252 g/mol. The van der Waals surface area contributed by atoms with Gasteiger partial charge in [0.25, 0.3) is 0 Å². The van der Waals surface area contributed by atoms with Crippen molar-refractivity contribution in [1.29, 1.82) is 0 Å². The molecule has 0 aromatic carbocycles. The summed E-state index contributed by atoms with van der Waals surface area (Å²) in [7, 11) is 0. The van der Waals surface area contributed by atoms with E-state index in [2.05, 4.69) is 26.1 Å². The minimum Gasteiger partial charge on any atom is -0.329 e. The molecule has 0 aromatic heterocycles. The number of nitrogens with one attached hydrogen (secondary N) is 1. The van der Waals surface area contributed by atoms with E-state index in [-0.39, 0.29) is 5.54 Å². The first-order valence-corrected chi connectivity index (χ1v) is 8.04. The number of rotatable bonds is 6. The predicted octanol–water partition coefficient (Wildman–Crippen LogP) is 3.17. The highest BCUT2D eigenvalue weighted by Crippen LogP contribution is 2.40. The van der Waals surface area contributed by atoms with Crippen LogP contribution in [0.15, 0.2) is 0 Å². The summed E-state index contributed by atoms with van der Waals surface area (Å²) in [5, 5.41) is 3.91. The molecular weight excluding hydrogens is 220 g/mol. The lowest BCUT2D eigenvalue weighted by molar-refractivity contribution is 0.103. The molecule has 2 heteroatoms. The molecule has 2 rings (SSSR count). The Labute approximate surface area is 113 Å². The van der Waals surface area contributed by atoms with E-state index in [1.54, 1.807) is 0 Å². The van der Waals surface area contributed by atoms with Crippen molar-refractivity contribution in [2.45, 2.75) is 64.8 Å². The van der Waals surface area contributed by atoms with E-state index in [1.807, 2.05) is 0 Å². The molecule has 18 heavy (non-hydrogen) atoms. The lowest BCUT2D eigenvalue weighted by Crippen LogP contribution is -2.60. The standard InChI is InChI=1S/C16H32N2/c1-12(2)15-6-4-5-9-16(15,11-17)18-10-13(3)14-7-8-14/h12-15,18H,4-11,17H2,1-3H3. The van der Waals surface area contributed by atoms with Crippen molar-refractivity contribution < 1.29 is 0 Å². The van der Waals surface area contributed by atoms with Gasteiger partial charge < -0.3 is 11.1 Å². The van der Waals surface area contributed by atoms with Crippen LogP contribution in [0, 0.1) is 23.7 Å². The SMILES string of the molecule is CC(C)C1CCCCC1(CN)NCC(C)C1CC1. The van der Waals surface area contributed by atoms with E-state index < -0.39 is 0 Å². The fraction of sp³-hybridized carbons (Fsp3) is 1.00. The Hall–Kier alpha value is -0.0800. The van der Waals surface area contributed by atoms with E-state index in [4.69, 9.17) is 5.73 Å². The Bertz CT molecular complexity index is 260. The summed E-state index contributed by atoms with van der Waals surface area (Å²) in [6.45, 7) is 9.12. The van der Waals surface area contributed by atoms with Crippen LogP contribution in [0.25, 0.3) is 0 Å². The fourth-order valence-electron chi connectivity index (χ4n) is 3.98. The molecule has 0 aromatic rings. The molecule has 0 saturated heterocycles. The maximum atomic E-state index is 6.18. The van der Waals surface area contributed by atoms with Gasteiger partial charge in [-0.25, -0.2) is 0 Å². The summed E-state index contributed by atoms with van der Waals surface area (Å²) in [5.41, 5.74) is 6.41. The third kappa shape index (κ3) is 3.08. The van der Waals surface area contributed by atoms with Gasteiger partial charge >= 0.3 is 0 Å². The second kappa shape index (κ2) is 5.92. The van der Waals surface area contributed by atoms with Gasteiger partial charge in [0.05, 0.1) is 0 Å². The molecule has 2 fully saturated rings. The van der Waals surface area contributed by atoms with Crippen molar-refractivity contribution in [3.8, 4) is 0 Å². The van der Waals surface area contributed by atoms with Crippen LogP contribution in [-0.4, -0.2) is 18.6 Å². The van der Waals surface area contributed by atoms with Crippen LogP contribution in [0.5, 0.6) is 0 Å². The van der Waals surface area contributed by atoms with Gasteiger partial charge in [-0.15, -0.1) is 0 Å². The van der Waals surface area contributed by atoms with Gasteiger partial charge in [0.2, 0.25) is 0 Å². The maximum Gasteiger partial charge on any atom is 0.0334 e. The molecule has 0 radical (unpaired) electrons. The third-order valence-corrected chi connectivity index (χ3v) is 5.47. The van der Waals surface area contributed by atoms with Crippen molar-refractivity contribution in [3.05, 3.63) is 0 Å². The van der Waals surface area contributed by atoms with Crippen molar-refractivity contribution in [1.82, 2.24) is 5.32 Å². The van der Waals surface area contributed by atoms with Crippen LogP contribution in [0.2, 0.25) is 0 Å². The Balaban J connectivity index is 1.96. The smallest absolute Gasteiger partial charge is 0.0334 e. The lowest BCUT2D eigenvalue weighted by Gasteiger charge is -2.47. The van der Waals surface area contributed by atoms with Crippen molar-refractivity contribution >= 4 is 0 Å². The molecule has 2 nitrogen and oxygen atoms in total. The van der Waals surface area contributed by atoms with Crippen LogP contribution in [-0.2, 0) is 0 Å². The lowest BCUT2D eigenvalue weighted by atomic mass is 9.67. The third-order valence-electron chi connectivity index (χ3n) is 5.47. The Morgan fingerprint density at radius 1 is 1.17 bits per heavy atom. The van der Waals surface area contributed by atoms with E-state index in [0.717, 1.165) is 30.2 Å². The van der Waals surface area contributed by atoms with Gasteiger partial charge in [0.1, 0.15) is 0 Å². The van der Waals surface area contributed by atoms with Crippen molar-refractivity contribution in [2.75, 3.05) is 13.1 Å². The largest absolute Gasteiger partial charge is 0.329 e. The van der Waals surface area contributed by atoms with Crippen LogP contribution in [0.1, 0.15) is 59.3 Å². The normalized spacial score (nSPS) is 34.8. The molecule has 2 saturated carbocycles. The van der Waals surface area contributed by atoms with E-state index >= 15 is 0 Å².